The van der Waals surface area contributed by atoms with Gasteiger partial charge in [0.05, 0.1) is 35.6 Å². The van der Waals surface area contributed by atoms with E-state index in [-0.39, 0.29) is 28.4 Å². The van der Waals surface area contributed by atoms with E-state index in [4.69, 9.17) is 56.9 Å². The summed E-state index contributed by atoms with van der Waals surface area (Å²) in [5.74, 6) is -2.93. The minimum absolute atomic E-state index is 0.160. The number of ether oxygens (including phenoxy) is 4. The number of carboxylic acid groups (broad SMARTS) is 1. The number of carbonyl (C=O) groups excluding carboxylic acids is 3. The van der Waals surface area contributed by atoms with Crippen molar-refractivity contribution in [3.8, 4) is 17.1 Å². The lowest BCUT2D eigenvalue weighted by molar-refractivity contribution is -0.172. The number of para-hydroxylation sites is 1. The predicted molar refractivity (Wildman–Crippen MR) is 252 cm³/mol. The molecule has 4 aromatic rings. The van der Waals surface area contributed by atoms with Crippen LogP contribution in [0.25, 0.3) is 22.3 Å². The van der Waals surface area contributed by atoms with Crippen LogP contribution in [0, 0.1) is 0 Å². The molecule has 19 heteroatoms. The zero-order valence-electron chi connectivity index (χ0n) is 38.3. The van der Waals surface area contributed by atoms with Crippen LogP contribution in [0.15, 0.2) is 59.4 Å². The second-order valence-corrected chi connectivity index (χ2v) is 15.3. The van der Waals surface area contributed by atoms with E-state index in [1.165, 1.54) is 6.92 Å². The lowest BCUT2D eigenvalue weighted by Gasteiger charge is -2.28. The van der Waals surface area contributed by atoms with Crippen molar-refractivity contribution in [2.45, 2.75) is 124 Å². The summed E-state index contributed by atoms with van der Waals surface area (Å²) in [6.07, 6.45) is 0.743. The zero-order chi connectivity index (χ0) is 48.5. The normalized spacial score (nSPS) is 17.4. The number of fused-ring (bicyclic) bond motifs is 5. The molecule has 7 rings (SSSR count). The Bertz CT molecular complexity index is 2380. The molecule has 8 N–H and O–H groups in total. The van der Waals surface area contributed by atoms with Gasteiger partial charge in [0.25, 0.3) is 5.56 Å². The number of cyclic esters (lactones) is 1. The number of unbranched alkanes of at least 4 members (excludes halogenated alkanes) is 1. The zero-order valence-corrected chi connectivity index (χ0v) is 39.1. The summed E-state index contributed by atoms with van der Waals surface area (Å²) in [6, 6.07) is 14.3. The number of hydrogen-bond donors (Lipinski definition) is 7. The summed E-state index contributed by atoms with van der Waals surface area (Å²) >= 11 is 5.53. The van der Waals surface area contributed by atoms with Crippen molar-refractivity contribution >= 4 is 57.7 Å². The first-order chi connectivity index (χ1) is 31.8. The largest absolute Gasteiger partial charge is 0.480 e. The summed E-state index contributed by atoms with van der Waals surface area (Å²) < 4.78 is 24.0. The molecular weight excluding hydrogens is 873 g/mol. The van der Waals surface area contributed by atoms with Gasteiger partial charge in [-0.05, 0) is 106 Å². The number of esters is 2. The molecule has 1 saturated heterocycles. The Kier molecular flexibility index (Phi) is 20.4. The van der Waals surface area contributed by atoms with Crippen molar-refractivity contribution in [2.24, 2.45) is 5.73 Å². The molecule has 358 valence electrons. The number of hydrogen-bond acceptors (Lipinski definition) is 14. The molecule has 0 radical (unpaired) electrons. The van der Waals surface area contributed by atoms with Crippen LogP contribution < -0.4 is 32.0 Å². The van der Waals surface area contributed by atoms with Crippen LogP contribution in [-0.4, -0.2) is 98.0 Å². The number of nitrogens with zero attached hydrogens (tertiary/aromatic N) is 2. The first kappa shape index (κ1) is 52.6. The average molecular weight is 935 g/mol. The fourth-order valence-corrected chi connectivity index (χ4v) is 7.70. The third-order valence-corrected chi connectivity index (χ3v) is 10.8. The van der Waals surface area contributed by atoms with Gasteiger partial charge in [0.1, 0.15) is 37.2 Å². The Morgan fingerprint density at radius 3 is 2.38 bits per heavy atom. The summed E-state index contributed by atoms with van der Waals surface area (Å²) in [6.45, 7) is 11.7. The number of rotatable bonds is 14. The monoisotopic (exact) mass is 934 g/mol. The summed E-state index contributed by atoms with van der Waals surface area (Å²) in [7, 11) is 0. The number of thiocarbonyl (C=S) groups is 1. The van der Waals surface area contributed by atoms with Gasteiger partial charge in [0.2, 0.25) is 18.3 Å². The van der Waals surface area contributed by atoms with Crippen LogP contribution in [0.2, 0.25) is 0 Å². The maximum absolute atomic E-state index is 13.9. The van der Waals surface area contributed by atoms with E-state index in [1.807, 2.05) is 52.0 Å². The molecule has 2 aromatic heterocycles. The highest BCUT2D eigenvalue weighted by atomic mass is 32.1. The molecule has 1 fully saturated rings. The van der Waals surface area contributed by atoms with Gasteiger partial charge < -0.3 is 60.5 Å². The van der Waals surface area contributed by atoms with Gasteiger partial charge in [-0.3, -0.25) is 9.59 Å². The minimum atomic E-state index is -1.53. The van der Waals surface area contributed by atoms with Crippen molar-refractivity contribution in [1.29, 1.82) is 0 Å². The number of carboxylic acids is 1. The number of carbonyl (C=O) groups is 4. The number of aliphatic hydroxyl groups excluding tert-OH is 2. The predicted octanol–water partition coefficient (Wildman–Crippen LogP) is 4.61. The second kappa shape index (κ2) is 25.6. The van der Waals surface area contributed by atoms with Gasteiger partial charge in [0.15, 0.2) is 5.11 Å². The van der Waals surface area contributed by atoms with Crippen molar-refractivity contribution in [1.82, 2.24) is 20.2 Å². The van der Waals surface area contributed by atoms with E-state index in [9.17, 15) is 24.3 Å². The molecule has 5 atom stereocenters. The molecule has 5 heterocycles. The summed E-state index contributed by atoms with van der Waals surface area (Å²) in [5, 5.41) is 35.1. The highest BCUT2D eigenvalue weighted by molar-refractivity contribution is 7.80. The van der Waals surface area contributed by atoms with Gasteiger partial charge in [0, 0.05) is 22.2 Å². The smallest absolute Gasteiger partial charge is 0.352 e. The van der Waals surface area contributed by atoms with Gasteiger partial charge in [-0.2, -0.15) is 0 Å². The summed E-state index contributed by atoms with van der Waals surface area (Å²) in [5.41, 5.74) is 10.4. The Morgan fingerprint density at radius 2 is 1.73 bits per heavy atom. The number of benzene rings is 2. The van der Waals surface area contributed by atoms with Gasteiger partial charge >= 0.3 is 17.9 Å². The fraction of sp³-hybridized carbons (Fsp3) is 0.468. The van der Waals surface area contributed by atoms with Crippen molar-refractivity contribution in [2.75, 3.05) is 25.1 Å². The topological polar surface area (TPSA) is 263 Å². The second-order valence-electron chi connectivity index (χ2n) is 14.9. The number of pyridine rings is 2. The third-order valence-electron chi connectivity index (χ3n) is 10.6. The minimum Gasteiger partial charge on any atom is -0.480 e. The number of anilines is 1. The van der Waals surface area contributed by atoms with Crippen LogP contribution in [0.4, 0.5) is 5.69 Å². The van der Waals surface area contributed by atoms with E-state index in [1.54, 1.807) is 34.9 Å². The Balaban J connectivity index is 0.000000979. The molecule has 0 bridgehead atoms. The molecule has 0 spiro atoms. The van der Waals surface area contributed by atoms with E-state index in [2.05, 4.69) is 22.9 Å². The van der Waals surface area contributed by atoms with E-state index in [0.717, 1.165) is 34.9 Å². The van der Waals surface area contributed by atoms with Crippen LogP contribution in [0.3, 0.4) is 0 Å². The Morgan fingerprint density at radius 1 is 1.03 bits per heavy atom. The van der Waals surface area contributed by atoms with Crippen molar-refractivity contribution in [3.05, 3.63) is 87.2 Å². The lowest BCUT2D eigenvalue weighted by Crippen LogP contribution is -2.52. The highest BCUT2D eigenvalue weighted by Crippen LogP contribution is 2.38. The number of aliphatic carboxylic acids is 1. The van der Waals surface area contributed by atoms with Crippen LogP contribution in [-0.2, 0) is 53.0 Å². The first-order valence-electron chi connectivity index (χ1n) is 22.3. The van der Waals surface area contributed by atoms with E-state index < -0.39 is 61.0 Å². The first-order valence-corrected chi connectivity index (χ1v) is 22.8. The highest BCUT2D eigenvalue weighted by Gasteiger charge is 2.39. The van der Waals surface area contributed by atoms with Gasteiger partial charge in [-0.1, -0.05) is 52.8 Å². The molecule has 2 aromatic carbocycles. The molecule has 0 saturated carbocycles. The number of amides is 1. The number of aryl methyl sites for hydroxylation is 1. The molecule has 0 unspecified atom stereocenters. The van der Waals surface area contributed by atoms with Gasteiger partial charge in [-0.15, -0.1) is 0 Å². The fourth-order valence-electron chi connectivity index (χ4n) is 7.44. The average Bonchev–Trinajstić information content (AvgIpc) is 3.69. The van der Waals surface area contributed by atoms with Gasteiger partial charge in [-0.25, -0.2) is 19.4 Å². The molecule has 1 amide bonds. The molecule has 66 heavy (non-hydrogen) atoms. The Labute approximate surface area is 389 Å². The molecule has 3 aliphatic rings. The number of aromatic nitrogens is 2. The Hall–Kier alpha value is -5.99. The van der Waals surface area contributed by atoms with Crippen molar-refractivity contribution in [3.63, 3.8) is 0 Å². The maximum Gasteiger partial charge on any atom is 0.352 e. The molecule has 0 aliphatic carbocycles. The number of nitrogens with two attached hydrogens (primary N) is 1. The lowest BCUT2D eigenvalue weighted by atomic mass is 9.97. The van der Waals surface area contributed by atoms with Crippen LogP contribution in [0.1, 0.15) is 102 Å². The molecular formula is C47H62N6O12S. The van der Waals surface area contributed by atoms with E-state index >= 15 is 0 Å². The van der Waals surface area contributed by atoms with Crippen LogP contribution >= 0.6 is 12.2 Å². The third kappa shape index (κ3) is 13.1. The quantitative estimate of drug-likeness (QED) is 0.0455. The number of aliphatic hydroxyl groups is 2. The molecule has 18 nitrogen and oxygen atoms in total. The number of nitrogens with one attached hydrogen (secondary N) is 3. The van der Waals surface area contributed by atoms with Crippen molar-refractivity contribution < 1.29 is 53.4 Å². The van der Waals surface area contributed by atoms with E-state index in [0.29, 0.717) is 68.2 Å². The maximum atomic E-state index is 13.9. The molecule has 3 aliphatic heterocycles. The summed E-state index contributed by atoms with van der Waals surface area (Å²) in [4.78, 5) is 68.1. The van der Waals surface area contributed by atoms with Crippen LogP contribution in [0.5, 0.6) is 5.75 Å². The standard InChI is InChI=1S/C41H46N6O9S.C2H4O3.2C2H6/c1-3-25-26-9-4-5-10-30(26)45-34-28(25)20-47-32(34)19-27-29(37(47)50)21-54-39(52)35(27)56-38(51)22(2)43-36(49)31(11-6-7-17-42)46-41(57)44-23-13-15-24(16-14-23)55-40-33(48)12-8-18-53-40;3-1-2(4)5;2*1-2/h4-5,9-10,13-16,19,22,31,33,35,40,48H,3,6-8,11-12,17-18,20-21,42H2,1-2H3,(H,43,49)(H2,44,46,57);3H,1H2,(H,4,5);2*1-2H3/t22-,31-,33-,35-,40+;;;/m0.../s1. The SMILES string of the molecule is CC.CC.CCc1c2c(nc3ccccc13)-c1cc3c(c(=O)n1C2)COC(=O)[C@H]3OC(=O)[C@H](C)NC(=O)[C@H](CCCCN)NC(=S)Nc1ccc(O[C@H]2OCCC[C@@H]2O)cc1.O=C(O)CO.